The first-order valence-electron chi connectivity index (χ1n) is 6.09. The van der Waals surface area contributed by atoms with E-state index in [9.17, 15) is 15.0 Å². The molecule has 0 unspecified atom stereocenters. The molecule has 2 rings (SSSR count). The Kier molecular flexibility index (Phi) is 3.90. The maximum absolute atomic E-state index is 12.4. The lowest BCUT2D eigenvalue weighted by Crippen LogP contribution is -2.35. The topological polar surface area (TPSA) is 86.8 Å². The minimum atomic E-state index is -0.218. The van der Waals surface area contributed by atoms with Crippen LogP contribution in [0.5, 0.6) is 11.5 Å². The highest BCUT2D eigenvalue weighted by atomic mass is 32.1. The van der Waals surface area contributed by atoms with Gasteiger partial charge in [-0.05, 0) is 25.0 Å². The number of amides is 1. The van der Waals surface area contributed by atoms with E-state index < -0.39 is 0 Å². The molecule has 0 saturated heterocycles. The molecule has 1 amide bonds. The zero-order chi connectivity index (χ0) is 14.0. The van der Waals surface area contributed by atoms with Gasteiger partial charge in [-0.3, -0.25) is 4.79 Å². The third kappa shape index (κ3) is 3.57. The van der Waals surface area contributed by atoms with Crippen LogP contribution < -0.4 is 5.73 Å². The average Bonchev–Trinajstić information content (AvgIpc) is 3.11. The molecule has 1 aliphatic carbocycles. The molecule has 0 aromatic heterocycles. The fraction of sp³-hybridized carbons (Fsp3) is 0.385. The first kappa shape index (κ1) is 13.6. The van der Waals surface area contributed by atoms with Gasteiger partial charge in [-0.15, -0.1) is 0 Å². The maximum atomic E-state index is 12.4. The van der Waals surface area contributed by atoms with Crippen LogP contribution in [-0.4, -0.2) is 38.6 Å². The molecule has 5 nitrogen and oxygen atoms in total. The van der Waals surface area contributed by atoms with Gasteiger partial charge >= 0.3 is 0 Å². The van der Waals surface area contributed by atoms with Gasteiger partial charge < -0.3 is 20.8 Å². The first-order chi connectivity index (χ1) is 8.97. The number of nitrogens with zero attached hydrogens (tertiary/aromatic N) is 1. The summed E-state index contributed by atoms with van der Waals surface area (Å²) in [6.07, 6.45) is 2.41. The second-order valence-corrected chi connectivity index (χ2v) is 5.21. The Labute approximate surface area is 116 Å². The number of aromatic hydroxyl groups is 2. The van der Waals surface area contributed by atoms with Gasteiger partial charge in [-0.2, -0.15) is 0 Å². The van der Waals surface area contributed by atoms with E-state index in [-0.39, 0.29) is 29.0 Å². The van der Waals surface area contributed by atoms with Crippen molar-refractivity contribution >= 4 is 23.1 Å². The standard InChI is InChI=1S/C13H16N2O3S/c14-12(19)3-4-15(9-1-2-9)13(18)8-5-10(16)7-11(17)6-8/h5-7,9,16-17H,1-4H2,(H2,14,19). The molecule has 19 heavy (non-hydrogen) atoms. The minimum Gasteiger partial charge on any atom is -0.508 e. The Balaban J connectivity index is 2.16. The SMILES string of the molecule is NC(=S)CCN(C(=O)c1cc(O)cc(O)c1)C1CC1. The summed E-state index contributed by atoms with van der Waals surface area (Å²) in [4.78, 5) is 14.4. The molecule has 0 bridgehead atoms. The molecule has 1 aromatic rings. The molecule has 4 N–H and O–H groups in total. The molecule has 0 heterocycles. The van der Waals surface area contributed by atoms with Gasteiger partial charge in [0.15, 0.2) is 0 Å². The van der Waals surface area contributed by atoms with Crippen molar-refractivity contribution in [2.45, 2.75) is 25.3 Å². The molecule has 0 atom stereocenters. The third-order valence-corrected chi connectivity index (χ3v) is 3.20. The van der Waals surface area contributed by atoms with Crippen molar-refractivity contribution in [2.75, 3.05) is 6.54 Å². The van der Waals surface area contributed by atoms with Gasteiger partial charge in [0, 0.05) is 30.6 Å². The second kappa shape index (κ2) is 5.44. The largest absolute Gasteiger partial charge is 0.508 e. The van der Waals surface area contributed by atoms with Crippen molar-refractivity contribution in [1.82, 2.24) is 4.90 Å². The molecule has 102 valence electrons. The Hall–Kier alpha value is -1.82. The van der Waals surface area contributed by atoms with Crippen molar-refractivity contribution in [3.05, 3.63) is 23.8 Å². The molecule has 1 saturated carbocycles. The highest BCUT2D eigenvalue weighted by Gasteiger charge is 2.33. The number of phenols is 2. The van der Waals surface area contributed by atoms with Crippen LogP contribution in [0, 0.1) is 0 Å². The smallest absolute Gasteiger partial charge is 0.254 e. The number of carbonyl (C=O) groups is 1. The molecule has 1 fully saturated rings. The third-order valence-electron chi connectivity index (χ3n) is 3.00. The van der Waals surface area contributed by atoms with E-state index in [1.165, 1.54) is 18.2 Å². The summed E-state index contributed by atoms with van der Waals surface area (Å²) < 4.78 is 0. The summed E-state index contributed by atoms with van der Waals surface area (Å²) >= 11 is 4.83. The van der Waals surface area contributed by atoms with Crippen LogP contribution in [0.2, 0.25) is 0 Å². The van der Waals surface area contributed by atoms with E-state index in [2.05, 4.69) is 0 Å². The number of nitrogens with two attached hydrogens (primary N) is 1. The van der Waals surface area contributed by atoms with E-state index in [1.807, 2.05) is 0 Å². The first-order valence-corrected chi connectivity index (χ1v) is 6.50. The highest BCUT2D eigenvalue weighted by Crippen LogP contribution is 2.30. The molecule has 0 radical (unpaired) electrons. The Morgan fingerprint density at radius 2 is 1.89 bits per heavy atom. The lowest BCUT2D eigenvalue weighted by molar-refractivity contribution is 0.0747. The van der Waals surface area contributed by atoms with Crippen molar-refractivity contribution in [3.63, 3.8) is 0 Å². The summed E-state index contributed by atoms with van der Waals surface area (Å²) in [5.41, 5.74) is 5.73. The number of benzene rings is 1. The number of thiocarbonyl (C=S) groups is 1. The zero-order valence-electron chi connectivity index (χ0n) is 10.4. The molecule has 1 aromatic carbocycles. The monoisotopic (exact) mass is 280 g/mol. The van der Waals surface area contributed by atoms with E-state index in [0.717, 1.165) is 12.8 Å². The second-order valence-electron chi connectivity index (χ2n) is 4.68. The normalized spacial score (nSPS) is 14.1. The fourth-order valence-electron chi connectivity index (χ4n) is 1.95. The predicted octanol–water partition coefficient (Wildman–Crippen LogP) is 1.38. The number of hydrogen-bond donors (Lipinski definition) is 3. The summed E-state index contributed by atoms with van der Waals surface area (Å²) in [6.45, 7) is 0.468. The number of phenolic OH excluding ortho intramolecular Hbond substituents is 2. The molecule has 1 aliphatic rings. The van der Waals surface area contributed by atoms with Crippen LogP contribution in [0.4, 0.5) is 0 Å². The Bertz CT molecular complexity index is 494. The van der Waals surface area contributed by atoms with Gasteiger partial charge in [0.1, 0.15) is 11.5 Å². The summed E-state index contributed by atoms with van der Waals surface area (Å²) in [5.74, 6) is -0.480. The van der Waals surface area contributed by atoms with E-state index in [1.54, 1.807) is 4.90 Å². The van der Waals surface area contributed by atoms with Crippen LogP contribution in [-0.2, 0) is 0 Å². The Morgan fingerprint density at radius 1 is 1.32 bits per heavy atom. The predicted molar refractivity (Wildman–Crippen MR) is 75.2 cm³/mol. The van der Waals surface area contributed by atoms with E-state index >= 15 is 0 Å². The van der Waals surface area contributed by atoms with Crippen molar-refractivity contribution in [1.29, 1.82) is 0 Å². The van der Waals surface area contributed by atoms with Gasteiger partial charge in [-0.1, -0.05) is 12.2 Å². The lowest BCUT2D eigenvalue weighted by Gasteiger charge is -2.22. The molecule has 0 spiro atoms. The van der Waals surface area contributed by atoms with Gasteiger partial charge in [0.05, 0.1) is 4.99 Å². The lowest BCUT2D eigenvalue weighted by atomic mass is 10.1. The quantitative estimate of drug-likeness (QED) is 0.709. The van der Waals surface area contributed by atoms with Crippen molar-refractivity contribution in [3.8, 4) is 11.5 Å². The number of rotatable bonds is 5. The maximum Gasteiger partial charge on any atom is 0.254 e. The summed E-state index contributed by atoms with van der Waals surface area (Å²) in [7, 11) is 0. The molecular formula is C13H16N2O3S. The van der Waals surface area contributed by atoms with Crippen molar-refractivity contribution in [2.24, 2.45) is 5.73 Å². The summed E-state index contributed by atoms with van der Waals surface area (Å²) in [6, 6.07) is 4.09. The van der Waals surface area contributed by atoms with Crippen LogP contribution >= 0.6 is 12.2 Å². The van der Waals surface area contributed by atoms with E-state index in [4.69, 9.17) is 18.0 Å². The molecule has 0 aliphatic heterocycles. The molecule has 6 heteroatoms. The van der Waals surface area contributed by atoms with Crippen LogP contribution in [0.3, 0.4) is 0 Å². The van der Waals surface area contributed by atoms with E-state index in [0.29, 0.717) is 18.0 Å². The minimum absolute atomic E-state index is 0.131. The van der Waals surface area contributed by atoms with Gasteiger partial charge in [0.2, 0.25) is 0 Å². The van der Waals surface area contributed by atoms with Crippen LogP contribution in [0.1, 0.15) is 29.6 Å². The zero-order valence-corrected chi connectivity index (χ0v) is 11.2. The number of carbonyl (C=O) groups excluding carboxylic acids is 1. The highest BCUT2D eigenvalue weighted by molar-refractivity contribution is 7.80. The Morgan fingerprint density at radius 3 is 2.37 bits per heavy atom. The fourth-order valence-corrected chi connectivity index (χ4v) is 2.04. The summed E-state index contributed by atoms with van der Waals surface area (Å²) in [5, 5.41) is 18.9. The van der Waals surface area contributed by atoms with Crippen molar-refractivity contribution < 1.29 is 15.0 Å². The van der Waals surface area contributed by atoms with Crippen LogP contribution in [0.15, 0.2) is 18.2 Å². The van der Waals surface area contributed by atoms with Gasteiger partial charge in [0.25, 0.3) is 5.91 Å². The van der Waals surface area contributed by atoms with Gasteiger partial charge in [-0.25, -0.2) is 0 Å². The average molecular weight is 280 g/mol. The molecular weight excluding hydrogens is 264 g/mol. The number of hydrogen-bond acceptors (Lipinski definition) is 4. The van der Waals surface area contributed by atoms with Crippen LogP contribution in [0.25, 0.3) is 0 Å².